The minimum Gasteiger partial charge on any atom is -0.354 e. The topological polar surface area (TPSA) is 84.0 Å². The van der Waals surface area contributed by atoms with Crippen LogP contribution in [0.15, 0.2) is 34.8 Å². The number of sulfonamides is 1. The van der Waals surface area contributed by atoms with E-state index >= 15 is 0 Å². The van der Waals surface area contributed by atoms with Crippen LogP contribution < -0.4 is 10.0 Å². The molecule has 0 atom stereocenters. The quantitative estimate of drug-likeness (QED) is 0.815. The van der Waals surface area contributed by atoms with Crippen molar-refractivity contribution in [3.8, 4) is 0 Å². The van der Waals surface area contributed by atoms with E-state index in [9.17, 15) is 8.42 Å². The van der Waals surface area contributed by atoms with Gasteiger partial charge in [-0.25, -0.2) is 23.1 Å². The van der Waals surface area contributed by atoms with Gasteiger partial charge in [0.2, 0.25) is 16.0 Å². The van der Waals surface area contributed by atoms with Gasteiger partial charge in [0.25, 0.3) is 0 Å². The van der Waals surface area contributed by atoms with Crippen LogP contribution >= 0.6 is 11.3 Å². The smallest absolute Gasteiger partial charge is 0.243 e. The molecule has 2 rings (SSSR count). The summed E-state index contributed by atoms with van der Waals surface area (Å²) in [6.45, 7) is 3.05. The summed E-state index contributed by atoms with van der Waals surface area (Å²) in [6.07, 6.45) is 3.56. The van der Waals surface area contributed by atoms with Crippen LogP contribution in [0.3, 0.4) is 0 Å². The molecule has 0 aliphatic heterocycles. The third-order valence-electron chi connectivity index (χ3n) is 2.49. The van der Waals surface area contributed by atoms with Crippen LogP contribution in [0.5, 0.6) is 0 Å². The van der Waals surface area contributed by atoms with Crippen molar-refractivity contribution >= 4 is 27.3 Å². The lowest BCUT2D eigenvalue weighted by molar-refractivity contribution is 0.581. The highest BCUT2D eigenvalue weighted by atomic mass is 32.2. The number of hydrogen-bond donors (Lipinski definition) is 2. The lowest BCUT2D eigenvalue weighted by Gasteiger charge is -2.06. The van der Waals surface area contributed by atoms with Crippen LogP contribution in [0, 0.1) is 0 Å². The number of thiophene rings is 1. The van der Waals surface area contributed by atoms with E-state index in [0.29, 0.717) is 5.95 Å². The zero-order chi connectivity index (χ0) is 14.4. The van der Waals surface area contributed by atoms with Gasteiger partial charge in [0.05, 0.1) is 12.4 Å². The van der Waals surface area contributed by atoms with Crippen molar-refractivity contribution < 1.29 is 8.42 Å². The van der Waals surface area contributed by atoms with Crippen LogP contribution in [0.4, 0.5) is 5.95 Å². The summed E-state index contributed by atoms with van der Waals surface area (Å²) in [6, 6.07) is 3.76. The first-order valence-electron chi connectivity index (χ1n) is 6.20. The van der Waals surface area contributed by atoms with E-state index in [-0.39, 0.29) is 11.4 Å². The maximum absolute atomic E-state index is 12.0. The van der Waals surface area contributed by atoms with Gasteiger partial charge in [0.15, 0.2) is 0 Å². The van der Waals surface area contributed by atoms with Gasteiger partial charge < -0.3 is 5.32 Å². The Hall–Kier alpha value is -1.51. The zero-order valence-electron chi connectivity index (χ0n) is 11.0. The van der Waals surface area contributed by atoms with Gasteiger partial charge in [-0.3, -0.25) is 0 Å². The molecule has 0 radical (unpaired) electrons. The molecule has 0 fully saturated rings. The molecule has 0 amide bonds. The Bertz CT molecular complexity index is 624. The van der Waals surface area contributed by atoms with E-state index in [0.717, 1.165) is 17.8 Å². The molecule has 0 saturated heterocycles. The molecule has 2 aromatic heterocycles. The fourth-order valence-electron chi connectivity index (χ4n) is 1.45. The molecule has 0 aromatic carbocycles. The number of hydrogen-bond acceptors (Lipinski definition) is 6. The number of rotatable bonds is 7. The summed E-state index contributed by atoms with van der Waals surface area (Å²) >= 11 is 1.50. The maximum Gasteiger partial charge on any atom is 0.243 e. The molecule has 2 aromatic rings. The highest BCUT2D eigenvalue weighted by molar-refractivity contribution is 7.89. The van der Waals surface area contributed by atoms with Crippen LogP contribution in [0.2, 0.25) is 0 Å². The van der Waals surface area contributed by atoms with Crippen molar-refractivity contribution in [3.63, 3.8) is 0 Å². The molecule has 2 N–H and O–H groups in total. The molecular formula is C12H16N4O2S2. The van der Waals surface area contributed by atoms with Crippen molar-refractivity contribution in [2.75, 3.05) is 11.9 Å². The average Bonchev–Trinajstić information content (AvgIpc) is 2.97. The molecule has 0 unspecified atom stereocenters. The van der Waals surface area contributed by atoms with Gasteiger partial charge in [-0.05, 0) is 17.9 Å². The van der Waals surface area contributed by atoms with E-state index in [1.807, 2.05) is 24.4 Å². The molecule has 2 heterocycles. The average molecular weight is 312 g/mol. The number of nitrogens with zero attached hydrogens (tertiary/aromatic N) is 2. The van der Waals surface area contributed by atoms with Crippen molar-refractivity contribution in [3.05, 3.63) is 34.8 Å². The summed E-state index contributed by atoms with van der Waals surface area (Å²) in [5, 5.41) is 4.90. The number of anilines is 1. The Kier molecular flexibility index (Phi) is 5.05. The van der Waals surface area contributed by atoms with Gasteiger partial charge in [0.1, 0.15) is 4.90 Å². The lowest BCUT2D eigenvalue weighted by atomic mass is 10.5. The fraction of sp³-hybridized carbons (Fsp3) is 0.333. The molecule has 0 aliphatic carbocycles. The second-order valence-electron chi connectivity index (χ2n) is 4.07. The molecule has 0 aliphatic rings. The second kappa shape index (κ2) is 6.78. The Morgan fingerprint density at radius 2 is 2.05 bits per heavy atom. The minimum atomic E-state index is -3.57. The van der Waals surface area contributed by atoms with E-state index in [1.165, 1.54) is 23.7 Å². The minimum absolute atomic E-state index is 0.0658. The second-order valence-corrected chi connectivity index (χ2v) is 6.87. The van der Waals surface area contributed by atoms with Crippen LogP contribution in [-0.2, 0) is 16.6 Å². The van der Waals surface area contributed by atoms with E-state index in [2.05, 4.69) is 20.0 Å². The molecule has 108 valence electrons. The van der Waals surface area contributed by atoms with Crippen molar-refractivity contribution in [1.82, 2.24) is 14.7 Å². The largest absolute Gasteiger partial charge is 0.354 e. The normalized spacial score (nSPS) is 11.4. The Morgan fingerprint density at radius 3 is 2.65 bits per heavy atom. The SMILES string of the molecule is CCCNc1ncc(S(=O)(=O)NCc2cccs2)cn1. The predicted molar refractivity (Wildman–Crippen MR) is 79.2 cm³/mol. The lowest BCUT2D eigenvalue weighted by Crippen LogP contribution is -2.23. The summed E-state index contributed by atoms with van der Waals surface area (Å²) < 4.78 is 26.6. The first-order chi connectivity index (χ1) is 9.62. The van der Waals surface area contributed by atoms with E-state index in [4.69, 9.17) is 0 Å². The molecule has 8 heteroatoms. The molecule has 6 nitrogen and oxygen atoms in total. The van der Waals surface area contributed by atoms with Gasteiger partial charge >= 0.3 is 0 Å². The summed E-state index contributed by atoms with van der Waals surface area (Å²) in [7, 11) is -3.57. The van der Waals surface area contributed by atoms with Gasteiger partial charge in [-0.15, -0.1) is 11.3 Å². The third kappa shape index (κ3) is 3.99. The Morgan fingerprint density at radius 1 is 1.30 bits per heavy atom. The molecule has 20 heavy (non-hydrogen) atoms. The Balaban J connectivity index is 2.01. The first-order valence-corrected chi connectivity index (χ1v) is 8.56. The van der Waals surface area contributed by atoms with Gasteiger partial charge in [0, 0.05) is 18.0 Å². The molecule has 0 spiro atoms. The monoisotopic (exact) mass is 312 g/mol. The number of aromatic nitrogens is 2. The molecule has 0 bridgehead atoms. The highest BCUT2D eigenvalue weighted by Gasteiger charge is 2.15. The fourth-order valence-corrected chi connectivity index (χ4v) is 3.08. The highest BCUT2D eigenvalue weighted by Crippen LogP contribution is 2.11. The third-order valence-corrected chi connectivity index (χ3v) is 4.72. The standard InChI is InChI=1S/C12H16N4O2S2/c1-2-5-13-12-14-8-11(9-15-12)20(17,18)16-7-10-4-3-6-19-10/h3-4,6,8-9,16H,2,5,7H2,1H3,(H,13,14,15). The molecular weight excluding hydrogens is 296 g/mol. The van der Waals surface area contributed by atoms with Crippen molar-refractivity contribution in [2.45, 2.75) is 24.8 Å². The van der Waals surface area contributed by atoms with Crippen LogP contribution in [0.1, 0.15) is 18.2 Å². The molecule has 0 saturated carbocycles. The summed E-state index contributed by atoms with van der Waals surface area (Å²) in [4.78, 5) is 9.00. The van der Waals surface area contributed by atoms with Crippen molar-refractivity contribution in [2.24, 2.45) is 0 Å². The first kappa shape index (κ1) is 14.9. The summed E-state index contributed by atoms with van der Waals surface area (Å²) in [5.41, 5.74) is 0. The Labute approximate surface area is 122 Å². The van der Waals surface area contributed by atoms with Crippen molar-refractivity contribution in [1.29, 1.82) is 0 Å². The van der Waals surface area contributed by atoms with Gasteiger partial charge in [-0.1, -0.05) is 13.0 Å². The van der Waals surface area contributed by atoms with E-state index < -0.39 is 10.0 Å². The zero-order valence-corrected chi connectivity index (χ0v) is 12.7. The summed E-state index contributed by atoms with van der Waals surface area (Å²) in [5.74, 6) is 0.434. The van der Waals surface area contributed by atoms with E-state index in [1.54, 1.807) is 0 Å². The maximum atomic E-state index is 12.0. The van der Waals surface area contributed by atoms with Gasteiger partial charge in [-0.2, -0.15) is 0 Å². The predicted octanol–water partition coefficient (Wildman–Crippen LogP) is 1.84. The van der Waals surface area contributed by atoms with Crippen LogP contribution in [-0.4, -0.2) is 24.9 Å². The number of nitrogens with one attached hydrogen (secondary N) is 2. The van der Waals surface area contributed by atoms with Crippen LogP contribution in [0.25, 0.3) is 0 Å².